The predicted octanol–water partition coefficient (Wildman–Crippen LogP) is 1.14. The molecule has 1 atom stereocenters. The normalized spacial score (nSPS) is 20.5. The number of hydrazine groups is 1. The summed E-state index contributed by atoms with van der Waals surface area (Å²) in [7, 11) is 0. The number of aldehydes is 1. The number of nitrogens with one attached hydrogen (secondary N) is 1. The fraction of sp³-hybridized carbons (Fsp3) is 0.667. The standard InChI is InChI=1S/C12H20N2O3S/c13-14-12(16)11(18-9-3-7-15)6-5-10-4-1-2-8-17-10/h6-7,10H,1-5,8-9,13H2,(H,14,16)/b11-6+. The molecule has 1 amide bonds. The van der Waals surface area contributed by atoms with Gasteiger partial charge >= 0.3 is 0 Å². The van der Waals surface area contributed by atoms with E-state index < -0.39 is 0 Å². The quantitative estimate of drug-likeness (QED) is 0.181. The van der Waals surface area contributed by atoms with Gasteiger partial charge in [-0.3, -0.25) is 10.2 Å². The number of hydrogen-bond acceptors (Lipinski definition) is 5. The van der Waals surface area contributed by atoms with E-state index >= 15 is 0 Å². The fourth-order valence-corrected chi connectivity index (χ4v) is 2.58. The molecule has 1 unspecified atom stereocenters. The molecule has 1 rings (SSSR count). The molecule has 0 aliphatic carbocycles. The van der Waals surface area contributed by atoms with Gasteiger partial charge in [-0.2, -0.15) is 0 Å². The zero-order valence-corrected chi connectivity index (χ0v) is 11.2. The van der Waals surface area contributed by atoms with Gasteiger partial charge in [0.2, 0.25) is 0 Å². The molecule has 1 aliphatic rings. The second kappa shape index (κ2) is 9.13. The lowest BCUT2D eigenvalue weighted by molar-refractivity contribution is -0.117. The van der Waals surface area contributed by atoms with Crippen molar-refractivity contribution in [2.45, 2.75) is 38.2 Å². The Bertz CT molecular complexity index is 302. The summed E-state index contributed by atoms with van der Waals surface area (Å²) < 4.78 is 5.59. The molecule has 6 heteroatoms. The van der Waals surface area contributed by atoms with E-state index in [0.29, 0.717) is 17.1 Å². The van der Waals surface area contributed by atoms with E-state index in [0.717, 1.165) is 32.2 Å². The number of carbonyl (C=O) groups excluding carboxylic acids is 2. The molecule has 0 radical (unpaired) electrons. The van der Waals surface area contributed by atoms with Gasteiger partial charge in [0.25, 0.3) is 5.91 Å². The minimum atomic E-state index is -0.304. The lowest BCUT2D eigenvalue weighted by atomic mass is 10.1. The van der Waals surface area contributed by atoms with Crippen molar-refractivity contribution in [3.8, 4) is 0 Å². The average Bonchev–Trinajstić information content (AvgIpc) is 2.43. The maximum Gasteiger partial charge on any atom is 0.271 e. The van der Waals surface area contributed by atoms with Crippen LogP contribution in [0.3, 0.4) is 0 Å². The number of ether oxygens (including phenoxy) is 1. The van der Waals surface area contributed by atoms with Crippen molar-refractivity contribution in [3.05, 3.63) is 11.0 Å². The molecule has 1 saturated heterocycles. The summed E-state index contributed by atoms with van der Waals surface area (Å²) in [6.45, 7) is 0.801. The van der Waals surface area contributed by atoms with Gasteiger partial charge in [-0.05, 0) is 25.7 Å². The third kappa shape index (κ3) is 5.66. The number of amides is 1. The molecular weight excluding hydrogens is 252 g/mol. The lowest BCUT2D eigenvalue weighted by Gasteiger charge is -2.21. The van der Waals surface area contributed by atoms with Crippen LogP contribution in [0, 0.1) is 0 Å². The Labute approximate surface area is 111 Å². The summed E-state index contributed by atoms with van der Waals surface area (Å²) in [6, 6.07) is 0. The summed E-state index contributed by atoms with van der Waals surface area (Å²) in [5.74, 6) is 5.42. The van der Waals surface area contributed by atoms with Gasteiger partial charge in [0.05, 0.1) is 11.0 Å². The van der Waals surface area contributed by atoms with Crippen LogP contribution in [0.5, 0.6) is 0 Å². The van der Waals surface area contributed by atoms with Crippen LogP contribution in [0.25, 0.3) is 0 Å². The number of carbonyl (C=O) groups is 2. The maximum atomic E-state index is 11.5. The molecule has 0 aromatic heterocycles. The SMILES string of the molecule is NNC(=O)/C(=C\CC1CCCCO1)SCCC=O. The highest BCUT2D eigenvalue weighted by Gasteiger charge is 2.14. The highest BCUT2D eigenvalue weighted by Crippen LogP contribution is 2.21. The molecule has 3 N–H and O–H groups in total. The van der Waals surface area contributed by atoms with Crippen molar-refractivity contribution in [2.24, 2.45) is 5.84 Å². The highest BCUT2D eigenvalue weighted by atomic mass is 32.2. The zero-order valence-electron chi connectivity index (χ0n) is 10.4. The van der Waals surface area contributed by atoms with E-state index in [4.69, 9.17) is 10.6 Å². The number of hydrogen-bond donors (Lipinski definition) is 2. The minimum absolute atomic E-state index is 0.200. The predicted molar refractivity (Wildman–Crippen MR) is 71.8 cm³/mol. The minimum Gasteiger partial charge on any atom is -0.378 e. The van der Waals surface area contributed by atoms with Crippen LogP contribution >= 0.6 is 11.8 Å². The Kier molecular flexibility index (Phi) is 7.71. The summed E-state index contributed by atoms with van der Waals surface area (Å²) in [4.78, 5) is 22.3. The van der Waals surface area contributed by atoms with Gasteiger partial charge in [-0.15, -0.1) is 11.8 Å². The first-order valence-corrected chi connectivity index (χ1v) is 7.15. The largest absolute Gasteiger partial charge is 0.378 e. The van der Waals surface area contributed by atoms with Crippen LogP contribution in [-0.4, -0.2) is 30.7 Å². The first kappa shape index (κ1) is 15.2. The van der Waals surface area contributed by atoms with Crippen LogP contribution in [0.4, 0.5) is 0 Å². The van der Waals surface area contributed by atoms with Crippen molar-refractivity contribution in [3.63, 3.8) is 0 Å². The van der Waals surface area contributed by atoms with Gasteiger partial charge in [-0.25, -0.2) is 5.84 Å². The molecule has 0 bridgehead atoms. The van der Waals surface area contributed by atoms with Crippen molar-refractivity contribution >= 4 is 24.0 Å². The van der Waals surface area contributed by atoms with Crippen LogP contribution in [0.1, 0.15) is 32.1 Å². The van der Waals surface area contributed by atoms with E-state index in [1.165, 1.54) is 18.2 Å². The van der Waals surface area contributed by atoms with Crippen LogP contribution in [0.2, 0.25) is 0 Å². The Morgan fingerprint density at radius 3 is 2.94 bits per heavy atom. The fourth-order valence-electron chi connectivity index (χ4n) is 1.74. The molecule has 102 valence electrons. The Balaban J connectivity index is 2.45. The molecule has 5 nitrogen and oxygen atoms in total. The van der Waals surface area contributed by atoms with E-state index in [1.54, 1.807) is 0 Å². The van der Waals surface area contributed by atoms with Crippen LogP contribution < -0.4 is 11.3 Å². The van der Waals surface area contributed by atoms with Gasteiger partial charge in [0.15, 0.2) is 0 Å². The summed E-state index contributed by atoms with van der Waals surface area (Å²) in [5.41, 5.74) is 2.12. The van der Waals surface area contributed by atoms with Crippen LogP contribution in [0.15, 0.2) is 11.0 Å². The van der Waals surface area contributed by atoms with Gasteiger partial charge in [-0.1, -0.05) is 6.08 Å². The molecular formula is C12H20N2O3S. The smallest absolute Gasteiger partial charge is 0.271 e. The molecule has 0 spiro atoms. The topological polar surface area (TPSA) is 81.4 Å². The summed E-state index contributed by atoms with van der Waals surface area (Å²) in [6.07, 6.45) is 7.37. The second-order valence-electron chi connectivity index (χ2n) is 4.07. The van der Waals surface area contributed by atoms with E-state index in [-0.39, 0.29) is 12.0 Å². The first-order chi connectivity index (χ1) is 8.77. The number of rotatable bonds is 7. The summed E-state index contributed by atoms with van der Waals surface area (Å²) in [5, 5.41) is 0. The first-order valence-electron chi connectivity index (χ1n) is 6.17. The molecule has 0 aromatic carbocycles. The molecule has 18 heavy (non-hydrogen) atoms. The van der Waals surface area contributed by atoms with Crippen molar-refractivity contribution in [1.29, 1.82) is 0 Å². The third-order valence-corrected chi connectivity index (χ3v) is 3.79. The summed E-state index contributed by atoms with van der Waals surface area (Å²) >= 11 is 1.35. The Morgan fingerprint density at radius 2 is 2.33 bits per heavy atom. The van der Waals surface area contributed by atoms with Gasteiger partial charge in [0, 0.05) is 18.8 Å². The number of nitrogens with two attached hydrogens (primary N) is 1. The lowest BCUT2D eigenvalue weighted by Crippen LogP contribution is -2.31. The van der Waals surface area contributed by atoms with Gasteiger partial charge in [0.1, 0.15) is 6.29 Å². The number of thioether (sulfide) groups is 1. The Morgan fingerprint density at radius 1 is 1.50 bits per heavy atom. The Hall–Kier alpha value is -0.850. The van der Waals surface area contributed by atoms with Crippen molar-refractivity contribution in [2.75, 3.05) is 12.4 Å². The average molecular weight is 272 g/mol. The van der Waals surface area contributed by atoms with Gasteiger partial charge < -0.3 is 9.53 Å². The maximum absolute atomic E-state index is 11.5. The monoisotopic (exact) mass is 272 g/mol. The van der Waals surface area contributed by atoms with E-state index in [1.807, 2.05) is 6.08 Å². The van der Waals surface area contributed by atoms with Crippen molar-refractivity contribution in [1.82, 2.24) is 5.43 Å². The van der Waals surface area contributed by atoms with Crippen LogP contribution in [-0.2, 0) is 14.3 Å². The second-order valence-corrected chi connectivity index (χ2v) is 5.21. The molecule has 1 heterocycles. The molecule has 0 saturated carbocycles. The molecule has 1 fully saturated rings. The van der Waals surface area contributed by atoms with E-state index in [2.05, 4.69) is 5.43 Å². The molecule has 0 aromatic rings. The molecule has 1 aliphatic heterocycles. The third-order valence-electron chi connectivity index (χ3n) is 2.69. The van der Waals surface area contributed by atoms with Crippen molar-refractivity contribution < 1.29 is 14.3 Å². The zero-order chi connectivity index (χ0) is 13.2. The van der Waals surface area contributed by atoms with E-state index in [9.17, 15) is 9.59 Å². The highest BCUT2D eigenvalue weighted by molar-refractivity contribution is 8.04.